The summed E-state index contributed by atoms with van der Waals surface area (Å²) in [6.07, 6.45) is 2.33. The van der Waals surface area contributed by atoms with Gasteiger partial charge < -0.3 is 10.6 Å². The molecule has 0 saturated carbocycles. The summed E-state index contributed by atoms with van der Waals surface area (Å²) in [6, 6.07) is 1.72. The molecule has 1 unspecified atom stereocenters. The molecule has 1 atom stereocenters. The average Bonchev–Trinajstić information content (AvgIpc) is 2.64. The molecule has 1 aliphatic rings. The molecule has 0 spiro atoms. The van der Waals surface area contributed by atoms with E-state index in [9.17, 15) is 10.1 Å². The van der Waals surface area contributed by atoms with Crippen molar-refractivity contribution in [2.75, 3.05) is 18.4 Å². The van der Waals surface area contributed by atoms with Crippen LogP contribution in [0.2, 0.25) is 0 Å². The number of aromatic nitrogens is 1. The van der Waals surface area contributed by atoms with Crippen LogP contribution in [0.1, 0.15) is 18.9 Å². The summed E-state index contributed by atoms with van der Waals surface area (Å²) >= 11 is 0. The lowest BCUT2D eigenvalue weighted by Crippen LogP contribution is -2.37. The molecule has 2 rings (SSSR count). The largest absolute Gasteiger partial charge is 0.364 e. The molecule has 0 amide bonds. The minimum atomic E-state index is -0.412. The highest BCUT2D eigenvalue weighted by Gasteiger charge is 2.28. The van der Waals surface area contributed by atoms with E-state index in [1.165, 1.54) is 6.20 Å². The van der Waals surface area contributed by atoms with E-state index < -0.39 is 4.92 Å². The first-order chi connectivity index (χ1) is 8.00. The van der Waals surface area contributed by atoms with Crippen molar-refractivity contribution in [2.24, 2.45) is 0 Å². The normalized spacial score (nSPS) is 23.6. The highest BCUT2D eigenvalue weighted by atomic mass is 16.6. The highest BCUT2D eigenvalue weighted by molar-refractivity contribution is 5.48. The van der Waals surface area contributed by atoms with Gasteiger partial charge in [0.2, 0.25) is 0 Å². The van der Waals surface area contributed by atoms with Crippen molar-refractivity contribution in [1.82, 2.24) is 10.3 Å². The van der Waals surface area contributed by atoms with Crippen molar-refractivity contribution in [1.29, 1.82) is 0 Å². The van der Waals surface area contributed by atoms with Gasteiger partial charge in [-0.1, -0.05) is 0 Å². The zero-order valence-electron chi connectivity index (χ0n) is 9.99. The van der Waals surface area contributed by atoms with Crippen molar-refractivity contribution >= 4 is 11.5 Å². The summed E-state index contributed by atoms with van der Waals surface area (Å²) in [5.41, 5.74) is 0.669. The van der Waals surface area contributed by atoms with Crippen molar-refractivity contribution < 1.29 is 4.92 Å². The summed E-state index contributed by atoms with van der Waals surface area (Å²) < 4.78 is 0. The average molecular weight is 236 g/mol. The van der Waals surface area contributed by atoms with Crippen LogP contribution in [-0.4, -0.2) is 28.5 Å². The summed E-state index contributed by atoms with van der Waals surface area (Å²) in [4.78, 5) is 14.4. The molecule has 6 nitrogen and oxygen atoms in total. The Labute approximate surface area is 99.6 Å². The van der Waals surface area contributed by atoms with E-state index >= 15 is 0 Å². The second-order valence-corrected chi connectivity index (χ2v) is 4.73. The summed E-state index contributed by atoms with van der Waals surface area (Å²) in [6.45, 7) is 5.70. The monoisotopic (exact) mass is 236 g/mol. The van der Waals surface area contributed by atoms with E-state index in [0.717, 1.165) is 19.5 Å². The predicted octanol–water partition coefficient (Wildman–Crippen LogP) is 1.46. The zero-order valence-corrected chi connectivity index (χ0v) is 9.99. The van der Waals surface area contributed by atoms with Gasteiger partial charge in [0.05, 0.1) is 4.92 Å². The van der Waals surface area contributed by atoms with E-state index in [0.29, 0.717) is 11.4 Å². The van der Waals surface area contributed by atoms with E-state index in [1.807, 2.05) is 0 Å². The molecular formula is C11H16N4O2. The number of hydrogen-bond donors (Lipinski definition) is 2. The Morgan fingerprint density at radius 2 is 2.41 bits per heavy atom. The quantitative estimate of drug-likeness (QED) is 0.613. The number of anilines is 1. The molecule has 6 heteroatoms. The maximum Gasteiger partial charge on any atom is 0.290 e. The van der Waals surface area contributed by atoms with Gasteiger partial charge in [0.25, 0.3) is 5.69 Å². The molecule has 92 valence electrons. The minimum absolute atomic E-state index is 0.0183. The zero-order chi connectivity index (χ0) is 12.5. The van der Waals surface area contributed by atoms with Crippen LogP contribution in [0.25, 0.3) is 0 Å². The Kier molecular flexibility index (Phi) is 2.97. The molecule has 0 aliphatic carbocycles. The van der Waals surface area contributed by atoms with Crippen LogP contribution in [0, 0.1) is 17.0 Å². The first-order valence-electron chi connectivity index (χ1n) is 5.60. The van der Waals surface area contributed by atoms with Crippen LogP contribution in [-0.2, 0) is 0 Å². The maximum atomic E-state index is 10.7. The fraction of sp³-hybridized carbons (Fsp3) is 0.545. The van der Waals surface area contributed by atoms with Crippen LogP contribution in [0.4, 0.5) is 11.5 Å². The fourth-order valence-electron chi connectivity index (χ4n) is 2.04. The Morgan fingerprint density at radius 1 is 1.65 bits per heavy atom. The molecule has 17 heavy (non-hydrogen) atoms. The van der Waals surface area contributed by atoms with Gasteiger partial charge in [0.15, 0.2) is 0 Å². The van der Waals surface area contributed by atoms with Gasteiger partial charge in [-0.2, -0.15) is 0 Å². The lowest BCUT2D eigenvalue weighted by molar-refractivity contribution is -0.385. The van der Waals surface area contributed by atoms with Crippen molar-refractivity contribution in [3.63, 3.8) is 0 Å². The molecule has 0 aromatic carbocycles. The van der Waals surface area contributed by atoms with E-state index in [2.05, 4.69) is 22.5 Å². The minimum Gasteiger partial charge on any atom is -0.364 e. The van der Waals surface area contributed by atoms with Crippen molar-refractivity contribution in [2.45, 2.75) is 25.8 Å². The number of nitro groups is 1. The Morgan fingerprint density at radius 3 is 2.94 bits per heavy atom. The molecule has 2 heterocycles. The molecule has 1 fully saturated rings. The van der Waals surface area contributed by atoms with Gasteiger partial charge in [-0.3, -0.25) is 10.1 Å². The molecular weight excluding hydrogens is 220 g/mol. The van der Waals surface area contributed by atoms with Crippen LogP contribution < -0.4 is 10.6 Å². The molecule has 1 aliphatic heterocycles. The third-order valence-electron chi connectivity index (χ3n) is 3.08. The smallest absolute Gasteiger partial charge is 0.290 e. The number of aryl methyl sites for hydroxylation is 1. The lowest BCUT2D eigenvalue weighted by atomic mass is 10.0. The van der Waals surface area contributed by atoms with Crippen molar-refractivity contribution in [3.8, 4) is 0 Å². The first kappa shape index (κ1) is 11.8. The van der Waals surface area contributed by atoms with E-state index in [4.69, 9.17) is 0 Å². The molecule has 1 aromatic rings. The third kappa shape index (κ3) is 2.52. The molecule has 0 bridgehead atoms. The van der Waals surface area contributed by atoms with Crippen LogP contribution in [0.3, 0.4) is 0 Å². The van der Waals surface area contributed by atoms with Crippen molar-refractivity contribution in [3.05, 3.63) is 27.9 Å². The summed E-state index contributed by atoms with van der Waals surface area (Å²) in [7, 11) is 0. The Hall–Kier alpha value is -1.69. The van der Waals surface area contributed by atoms with Crippen LogP contribution in [0.5, 0.6) is 0 Å². The Bertz CT molecular complexity index is 441. The summed E-state index contributed by atoms with van der Waals surface area (Å²) in [5.74, 6) is 0.694. The second-order valence-electron chi connectivity index (χ2n) is 4.73. The predicted molar refractivity (Wildman–Crippen MR) is 65.1 cm³/mol. The standard InChI is InChI=1S/C11H16N4O2/c1-8-5-10(13-6-9(8)15(16)17)14-11(2)3-4-12-7-11/h5-6,12H,3-4,7H2,1-2H3,(H,13,14). The van der Waals surface area contributed by atoms with Gasteiger partial charge in [-0.05, 0) is 32.9 Å². The van der Waals surface area contributed by atoms with Crippen LogP contribution >= 0.6 is 0 Å². The van der Waals surface area contributed by atoms with E-state index in [-0.39, 0.29) is 11.2 Å². The lowest BCUT2D eigenvalue weighted by Gasteiger charge is -2.25. The number of hydrogen-bond acceptors (Lipinski definition) is 5. The Balaban J connectivity index is 2.17. The van der Waals surface area contributed by atoms with Gasteiger partial charge in [0.1, 0.15) is 12.0 Å². The molecule has 0 radical (unpaired) electrons. The second kappa shape index (κ2) is 4.29. The topological polar surface area (TPSA) is 80.1 Å². The number of nitrogens with one attached hydrogen (secondary N) is 2. The number of nitrogens with zero attached hydrogens (tertiary/aromatic N) is 2. The maximum absolute atomic E-state index is 10.7. The number of rotatable bonds is 3. The third-order valence-corrected chi connectivity index (χ3v) is 3.08. The number of pyridine rings is 1. The van der Waals surface area contributed by atoms with Gasteiger partial charge in [-0.25, -0.2) is 4.98 Å². The van der Waals surface area contributed by atoms with Gasteiger partial charge in [0, 0.05) is 17.6 Å². The molecule has 1 aromatic heterocycles. The van der Waals surface area contributed by atoms with Gasteiger partial charge >= 0.3 is 0 Å². The highest BCUT2D eigenvalue weighted by Crippen LogP contribution is 2.23. The van der Waals surface area contributed by atoms with E-state index in [1.54, 1.807) is 13.0 Å². The van der Waals surface area contributed by atoms with Crippen LogP contribution in [0.15, 0.2) is 12.3 Å². The fourth-order valence-corrected chi connectivity index (χ4v) is 2.04. The molecule has 2 N–H and O–H groups in total. The molecule has 1 saturated heterocycles. The summed E-state index contributed by atoms with van der Waals surface area (Å²) in [5, 5.41) is 17.3. The van der Waals surface area contributed by atoms with Gasteiger partial charge in [-0.15, -0.1) is 0 Å². The SMILES string of the molecule is Cc1cc(NC2(C)CCNC2)ncc1[N+](=O)[O-]. The first-order valence-corrected chi connectivity index (χ1v) is 5.60.